The summed E-state index contributed by atoms with van der Waals surface area (Å²) >= 11 is 0. The van der Waals surface area contributed by atoms with Crippen molar-refractivity contribution in [3.63, 3.8) is 0 Å². The average molecular weight is 273 g/mol. The van der Waals surface area contributed by atoms with Crippen LogP contribution in [0.1, 0.15) is 34.6 Å². The van der Waals surface area contributed by atoms with Gasteiger partial charge in [-0.3, -0.25) is 9.59 Å². The Kier molecular flexibility index (Phi) is 6.31. The molecule has 0 aromatic rings. The summed E-state index contributed by atoms with van der Waals surface area (Å²) in [4.78, 5) is 34.4. The van der Waals surface area contributed by atoms with Gasteiger partial charge in [0.2, 0.25) is 11.8 Å². The van der Waals surface area contributed by atoms with Gasteiger partial charge in [0, 0.05) is 7.05 Å². The van der Waals surface area contributed by atoms with Gasteiger partial charge < -0.3 is 20.7 Å². The van der Waals surface area contributed by atoms with E-state index in [0.717, 1.165) is 0 Å². The molecule has 0 heterocycles. The molecule has 110 valence electrons. The van der Waals surface area contributed by atoms with Crippen molar-refractivity contribution in [3.8, 4) is 0 Å². The Hall–Kier alpha value is -1.79. The summed E-state index contributed by atoms with van der Waals surface area (Å²) in [6, 6.07) is -1.46. The lowest BCUT2D eigenvalue weighted by Crippen LogP contribution is -2.51. The maximum absolute atomic E-state index is 11.7. The van der Waals surface area contributed by atoms with Crippen LogP contribution in [-0.4, -0.2) is 42.6 Å². The molecule has 19 heavy (non-hydrogen) atoms. The molecule has 0 saturated heterocycles. The van der Waals surface area contributed by atoms with Gasteiger partial charge in [-0.2, -0.15) is 0 Å². The average Bonchev–Trinajstić information content (AvgIpc) is 2.24. The minimum atomic E-state index is -0.790. The molecule has 0 rings (SSSR count). The number of carbonyl (C=O) groups excluding carboxylic acids is 3. The molecule has 0 radical (unpaired) electrons. The summed E-state index contributed by atoms with van der Waals surface area (Å²) in [5, 5.41) is 7.29. The monoisotopic (exact) mass is 273 g/mol. The molecule has 3 N–H and O–H groups in total. The SMILES string of the molecule is CNC(=O)C(C)NC(=O)C(C)NC(=O)OC(C)(C)C. The molecule has 0 spiro atoms. The van der Waals surface area contributed by atoms with Gasteiger partial charge in [0.1, 0.15) is 17.7 Å². The van der Waals surface area contributed by atoms with E-state index >= 15 is 0 Å². The molecule has 7 heteroatoms. The topological polar surface area (TPSA) is 96.5 Å². The van der Waals surface area contributed by atoms with Crippen LogP contribution in [0.2, 0.25) is 0 Å². The van der Waals surface area contributed by atoms with Crippen LogP contribution in [0.25, 0.3) is 0 Å². The van der Waals surface area contributed by atoms with Crippen molar-refractivity contribution >= 4 is 17.9 Å². The zero-order chi connectivity index (χ0) is 15.2. The number of likely N-dealkylation sites (N-methyl/N-ethyl adjacent to an activating group) is 1. The van der Waals surface area contributed by atoms with Gasteiger partial charge in [0.15, 0.2) is 0 Å². The van der Waals surface area contributed by atoms with Crippen molar-refractivity contribution in [1.82, 2.24) is 16.0 Å². The van der Waals surface area contributed by atoms with Gasteiger partial charge >= 0.3 is 6.09 Å². The minimum Gasteiger partial charge on any atom is -0.444 e. The van der Waals surface area contributed by atoms with E-state index in [-0.39, 0.29) is 5.91 Å². The normalized spacial score (nSPS) is 14.0. The van der Waals surface area contributed by atoms with Crippen LogP contribution in [0.15, 0.2) is 0 Å². The maximum atomic E-state index is 11.7. The van der Waals surface area contributed by atoms with Gasteiger partial charge in [0.05, 0.1) is 0 Å². The quantitative estimate of drug-likeness (QED) is 0.679. The van der Waals surface area contributed by atoms with Crippen LogP contribution in [0.4, 0.5) is 4.79 Å². The standard InChI is InChI=1S/C12H23N3O4/c1-7(9(16)13-6)14-10(17)8(2)15-11(18)19-12(3,4)5/h7-8H,1-6H3,(H,13,16)(H,14,17)(H,15,18). The summed E-state index contributed by atoms with van der Waals surface area (Å²) in [6.07, 6.45) is -0.678. The molecule has 0 aliphatic rings. The van der Waals surface area contributed by atoms with Gasteiger partial charge in [-0.15, -0.1) is 0 Å². The van der Waals surface area contributed by atoms with E-state index in [1.165, 1.54) is 14.0 Å². The first-order valence-corrected chi connectivity index (χ1v) is 6.08. The molecule has 3 amide bonds. The first kappa shape index (κ1) is 17.2. The molecular formula is C12H23N3O4. The van der Waals surface area contributed by atoms with Crippen LogP contribution in [-0.2, 0) is 14.3 Å². The molecule has 0 aromatic heterocycles. The first-order chi connectivity index (χ1) is 8.56. The van der Waals surface area contributed by atoms with E-state index in [1.807, 2.05) is 0 Å². The molecular weight excluding hydrogens is 250 g/mol. The van der Waals surface area contributed by atoms with Crippen LogP contribution in [0.5, 0.6) is 0 Å². The summed E-state index contributed by atoms with van der Waals surface area (Å²) in [5.74, 6) is -0.764. The van der Waals surface area contributed by atoms with E-state index in [2.05, 4.69) is 16.0 Å². The van der Waals surface area contributed by atoms with Crippen molar-refractivity contribution in [2.75, 3.05) is 7.05 Å². The van der Waals surface area contributed by atoms with Crippen LogP contribution in [0, 0.1) is 0 Å². The third-order valence-corrected chi connectivity index (χ3v) is 2.12. The summed E-state index contributed by atoms with van der Waals surface area (Å²) in [5.41, 5.74) is -0.629. The summed E-state index contributed by atoms with van der Waals surface area (Å²) < 4.78 is 5.02. The largest absolute Gasteiger partial charge is 0.444 e. The third kappa shape index (κ3) is 7.28. The Labute approximate surface area is 113 Å². The summed E-state index contributed by atoms with van der Waals surface area (Å²) in [7, 11) is 1.48. The second kappa shape index (κ2) is 6.96. The zero-order valence-electron chi connectivity index (χ0n) is 12.3. The molecule has 0 bridgehead atoms. The molecule has 2 unspecified atom stereocenters. The van der Waals surface area contributed by atoms with E-state index in [9.17, 15) is 14.4 Å². The molecule has 0 saturated carbocycles. The van der Waals surface area contributed by atoms with Crippen LogP contribution < -0.4 is 16.0 Å². The lowest BCUT2D eigenvalue weighted by atomic mass is 10.2. The van der Waals surface area contributed by atoms with Crippen LogP contribution in [0.3, 0.4) is 0 Å². The predicted octanol–water partition coefficient (Wildman–Crippen LogP) is 0.150. The number of amides is 3. The van der Waals surface area contributed by atoms with Crippen LogP contribution >= 0.6 is 0 Å². The van der Waals surface area contributed by atoms with E-state index in [4.69, 9.17) is 4.74 Å². The van der Waals surface area contributed by atoms with Crippen molar-refractivity contribution in [3.05, 3.63) is 0 Å². The van der Waals surface area contributed by atoms with Crippen molar-refractivity contribution in [2.45, 2.75) is 52.3 Å². The molecule has 0 aliphatic carbocycles. The van der Waals surface area contributed by atoms with Gasteiger partial charge in [-0.1, -0.05) is 0 Å². The lowest BCUT2D eigenvalue weighted by molar-refractivity contribution is -0.129. The Balaban J connectivity index is 4.28. The highest BCUT2D eigenvalue weighted by Gasteiger charge is 2.23. The molecule has 2 atom stereocenters. The second-order valence-corrected chi connectivity index (χ2v) is 5.21. The third-order valence-electron chi connectivity index (χ3n) is 2.12. The van der Waals surface area contributed by atoms with E-state index in [0.29, 0.717) is 0 Å². The fourth-order valence-electron chi connectivity index (χ4n) is 1.17. The molecule has 0 fully saturated rings. The number of alkyl carbamates (subject to hydrolysis) is 1. The van der Waals surface area contributed by atoms with Gasteiger partial charge in [0.25, 0.3) is 0 Å². The van der Waals surface area contributed by atoms with E-state index in [1.54, 1.807) is 27.7 Å². The van der Waals surface area contributed by atoms with Crippen molar-refractivity contribution < 1.29 is 19.1 Å². The fourth-order valence-corrected chi connectivity index (χ4v) is 1.17. The fraction of sp³-hybridized carbons (Fsp3) is 0.750. The van der Waals surface area contributed by atoms with Gasteiger partial charge in [-0.05, 0) is 34.6 Å². The molecule has 7 nitrogen and oxygen atoms in total. The smallest absolute Gasteiger partial charge is 0.408 e. The highest BCUT2D eigenvalue weighted by molar-refractivity contribution is 5.90. The Morgan fingerprint density at radius 3 is 1.84 bits per heavy atom. The number of ether oxygens (including phenoxy) is 1. The Bertz CT molecular complexity index is 349. The highest BCUT2D eigenvalue weighted by Crippen LogP contribution is 2.06. The Morgan fingerprint density at radius 1 is 0.947 bits per heavy atom. The van der Waals surface area contributed by atoms with E-state index < -0.39 is 29.7 Å². The van der Waals surface area contributed by atoms with Gasteiger partial charge in [-0.25, -0.2) is 4.79 Å². The highest BCUT2D eigenvalue weighted by atomic mass is 16.6. The summed E-state index contributed by atoms with van der Waals surface area (Å²) in [6.45, 7) is 8.24. The number of carbonyl (C=O) groups is 3. The van der Waals surface area contributed by atoms with Crippen molar-refractivity contribution in [1.29, 1.82) is 0 Å². The number of hydrogen-bond acceptors (Lipinski definition) is 4. The Morgan fingerprint density at radius 2 is 1.42 bits per heavy atom. The number of nitrogens with one attached hydrogen (secondary N) is 3. The second-order valence-electron chi connectivity index (χ2n) is 5.21. The number of rotatable bonds is 4. The van der Waals surface area contributed by atoms with Crippen molar-refractivity contribution in [2.24, 2.45) is 0 Å². The molecule has 0 aromatic carbocycles. The molecule has 0 aliphatic heterocycles. The maximum Gasteiger partial charge on any atom is 0.408 e. The minimum absolute atomic E-state index is 0.308. The predicted molar refractivity (Wildman–Crippen MR) is 70.5 cm³/mol. The lowest BCUT2D eigenvalue weighted by Gasteiger charge is -2.22. The number of hydrogen-bond donors (Lipinski definition) is 3. The first-order valence-electron chi connectivity index (χ1n) is 6.08. The zero-order valence-corrected chi connectivity index (χ0v) is 12.3.